The van der Waals surface area contributed by atoms with Crippen LogP contribution < -0.4 is 0 Å². The second kappa shape index (κ2) is 5.36. The summed E-state index contributed by atoms with van der Waals surface area (Å²) in [7, 11) is 1.91. The molecule has 0 fully saturated rings. The molecule has 3 aromatic rings. The Kier molecular flexibility index (Phi) is 3.41. The molecule has 0 bridgehead atoms. The Morgan fingerprint density at radius 3 is 3.00 bits per heavy atom. The highest BCUT2D eigenvalue weighted by atomic mass is 32.1. The topological polar surface area (TPSA) is 56.7 Å². The van der Waals surface area contributed by atoms with Crippen molar-refractivity contribution in [2.24, 2.45) is 7.05 Å². The van der Waals surface area contributed by atoms with Crippen LogP contribution in [0.3, 0.4) is 0 Å². The number of nitrogens with zero attached hydrogens (tertiary/aromatic N) is 4. The predicted molar refractivity (Wildman–Crippen MR) is 72.0 cm³/mol. The van der Waals surface area contributed by atoms with Crippen LogP contribution >= 0.6 is 11.3 Å². The molecular weight excluding hydrogens is 260 g/mol. The third-order valence-corrected chi connectivity index (χ3v) is 3.57. The average molecular weight is 274 g/mol. The smallest absolute Gasteiger partial charge is 0.226 e. The Balaban J connectivity index is 1.59. The standard InChI is InChI=1S/C13H14N4OS/c1-17-8-11(7-14-17)2-3-13-15-12(16-18-13)6-10-4-5-19-9-10/h4-5,7-9H,2-3,6H2,1H3. The lowest BCUT2D eigenvalue weighted by Gasteiger charge is -1.91. The summed E-state index contributed by atoms with van der Waals surface area (Å²) in [5.74, 6) is 1.44. The SMILES string of the molecule is Cn1cc(CCc2nc(Cc3ccsc3)no2)cn1. The summed E-state index contributed by atoms with van der Waals surface area (Å²) in [6.07, 6.45) is 6.22. The summed E-state index contributed by atoms with van der Waals surface area (Å²) in [6.45, 7) is 0. The Morgan fingerprint density at radius 2 is 2.26 bits per heavy atom. The van der Waals surface area contributed by atoms with Gasteiger partial charge in [0.1, 0.15) is 0 Å². The third kappa shape index (κ3) is 3.08. The van der Waals surface area contributed by atoms with Gasteiger partial charge in [0.25, 0.3) is 0 Å². The van der Waals surface area contributed by atoms with Crippen LogP contribution in [0.4, 0.5) is 0 Å². The molecule has 0 saturated carbocycles. The molecule has 0 aromatic carbocycles. The molecule has 0 saturated heterocycles. The van der Waals surface area contributed by atoms with E-state index >= 15 is 0 Å². The zero-order chi connectivity index (χ0) is 13.1. The molecule has 0 N–H and O–H groups in total. The lowest BCUT2D eigenvalue weighted by atomic mass is 10.2. The molecule has 3 rings (SSSR count). The highest BCUT2D eigenvalue weighted by Crippen LogP contribution is 2.11. The van der Waals surface area contributed by atoms with Gasteiger partial charge in [0.2, 0.25) is 5.89 Å². The minimum absolute atomic E-state index is 0.689. The van der Waals surface area contributed by atoms with Crippen molar-refractivity contribution in [3.63, 3.8) is 0 Å². The Morgan fingerprint density at radius 1 is 1.32 bits per heavy atom. The molecule has 5 nitrogen and oxygen atoms in total. The average Bonchev–Trinajstić information content (AvgIpc) is 3.10. The van der Waals surface area contributed by atoms with E-state index in [1.165, 1.54) is 11.1 Å². The zero-order valence-corrected chi connectivity index (χ0v) is 11.4. The predicted octanol–water partition coefficient (Wildman–Crippen LogP) is 2.24. The molecular formula is C13H14N4OS. The van der Waals surface area contributed by atoms with Crippen molar-refractivity contribution in [2.45, 2.75) is 19.3 Å². The van der Waals surface area contributed by atoms with E-state index < -0.39 is 0 Å². The van der Waals surface area contributed by atoms with Gasteiger partial charge in [0, 0.05) is 26.1 Å². The molecule has 19 heavy (non-hydrogen) atoms. The molecule has 6 heteroatoms. The number of aromatic nitrogens is 4. The minimum atomic E-state index is 0.689. The maximum absolute atomic E-state index is 5.26. The van der Waals surface area contributed by atoms with E-state index in [1.54, 1.807) is 16.0 Å². The third-order valence-electron chi connectivity index (χ3n) is 2.84. The molecule has 0 spiro atoms. The highest BCUT2D eigenvalue weighted by molar-refractivity contribution is 7.07. The fourth-order valence-corrected chi connectivity index (χ4v) is 2.56. The van der Waals surface area contributed by atoms with Crippen LogP contribution in [0.5, 0.6) is 0 Å². The van der Waals surface area contributed by atoms with E-state index in [2.05, 4.69) is 32.1 Å². The number of thiophene rings is 1. The van der Waals surface area contributed by atoms with E-state index in [-0.39, 0.29) is 0 Å². The van der Waals surface area contributed by atoms with Crippen molar-refractivity contribution in [3.05, 3.63) is 52.1 Å². The summed E-state index contributed by atoms with van der Waals surface area (Å²) < 4.78 is 7.05. The van der Waals surface area contributed by atoms with Crippen LogP contribution in [0.15, 0.2) is 33.7 Å². The molecule has 0 aliphatic rings. The van der Waals surface area contributed by atoms with Gasteiger partial charge in [-0.15, -0.1) is 0 Å². The maximum atomic E-state index is 5.26. The number of aryl methyl sites for hydroxylation is 3. The van der Waals surface area contributed by atoms with Crippen molar-refractivity contribution in [1.82, 2.24) is 19.9 Å². The van der Waals surface area contributed by atoms with Crippen molar-refractivity contribution in [2.75, 3.05) is 0 Å². The van der Waals surface area contributed by atoms with E-state index in [0.717, 1.165) is 25.1 Å². The van der Waals surface area contributed by atoms with Crippen LogP contribution in [-0.4, -0.2) is 19.9 Å². The lowest BCUT2D eigenvalue weighted by molar-refractivity contribution is 0.374. The monoisotopic (exact) mass is 274 g/mol. The number of rotatable bonds is 5. The first kappa shape index (κ1) is 12.1. The molecule has 0 aliphatic heterocycles. The minimum Gasteiger partial charge on any atom is -0.339 e. The fraction of sp³-hybridized carbons (Fsp3) is 0.308. The molecule has 0 amide bonds. The van der Waals surface area contributed by atoms with Gasteiger partial charge in [-0.3, -0.25) is 4.68 Å². The molecule has 3 aromatic heterocycles. The summed E-state index contributed by atoms with van der Waals surface area (Å²) in [5, 5.41) is 12.3. The maximum Gasteiger partial charge on any atom is 0.226 e. The second-order valence-corrected chi connectivity index (χ2v) is 5.22. The summed E-state index contributed by atoms with van der Waals surface area (Å²) >= 11 is 1.68. The van der Waals surface area contributed by atoms with Gasteiger partial charge in [-0.2, -0.15) is 21.4 Å². The Bertz CT molecular complexity index is 641. The largest absolute Gasteiger partial charge is 0.339 e. The van der Waals surface area contributed by atoms with Crippen LogP contribution in [0.25, 0.3) is 0 Å². The molecule has 98 valence electrons. The van der Waals surface area contributed by atoms with Crippen molar-refractivity contribution >= 4 is 11.3 Å². The first-order chi connectivity index (χ1) is 9.29. The fourth-order valence-electron chi connectivity index (χ4n) is 1.89. The van der Waals surface area contributed by atoms with Crippen molar-refractivity contribution in [3.8, 4) is 0 Å². The normalized spacial score (nSPS) is 11.0. The van der Waals surface area contributed by atoms with Gasteiger partial charge in [0.05, 0.1) is 6.20 Å². The summed E-state index contributed by atoms with van der Waals surface area (Å²) in [4.78, 5) is 4.41. The van der Waals surface area contributed by atoms with Gasteiger partial charge in [-0.25, -0.2) is 0 Å². The van der Waals surface area contributed by atoms with Crippen LogP contribution in [0, 0.1) is 0 Å². The first-order valence-corrected chi connectivity index (χ1v) is 7.04. The molecule has 0 atom stereocenters. The zero-order valence-electron chi connectivity index (χ0n) is 10.6. The van der Waals surface area contributed by atoms with E-state index in [9.17, 15) is 0 Å². The summed E-state index contributed by atoms with van der Waals surface area (Å²) in [5.41, 5.74) is 2.41. The van der Waals surface area contributed by atoms with Crippen LogP contribution in [-0.2, 0) is 26.3 Å². The van der Waals surface area contributed by atoms with E-state index in [0.29, 0.717) is 5.89 Å². The molecule has 0 unspecified atom stereocenters. The van der Waals surface area contributed by atoms with Gasteiger partial charge in [-0.05, 0) is 34.4 Å². The first-order valence-electron chi connectivity index (χ1n) is 6.09. The molecule has 3 heterocycles. The molecule has 0 aliphatic carbocycles. The molecule has 0 radical (unpaired) electrons. The highest BCUT2D eigenvalue weighted by Gasteiger charge is 2.08. The van der Waals surface area contributed by atoms with Gasteiger partial charge >= 0.3 is 0 Å². The Hall–Kier alpha value is -1.95. The lowest BCUT2D eigenvalue weighted by Crippen LogP contribution is -1.92. The van der Waals surface area contributed by atoms with E-state index in [4.69, 9.17) is 4.52 Å². The van der Waals surface area contributed by atoms with Crippen LogP contribution in [0.1, 0.15) is 22.8 Å². The van der Waals surface area contributed by atoms with E-state index in [1.807, 2.05) is 19.4 Å². The second-order valence-electron chi connectivity index (χ2n) is 4.43. The number of hydrogen-bond donors (Lipinski definition) is 0. The summed E-state index contributed by atoms with van der Waals surface area (Å²) in [6, 6.07) is 2.08. The van der Waals surface area contributed by atoms with Crippen LogP contribution in [0.2, 0.25) is 0 Å². The van der Waals surface area contributed by atoms with Crippen molar-refractivity contribution in [1.29, 1.82) is 0 Å². The quantitative estimate of drug-likeness (QED) is 0.716. The van der Waals surface area contributed by atoms with Crippen molar-refractivity contribution < 1.29 is 4.52 Å². The van der Waals surface area contributed by atoms with Gasteiger partial charge < -0.3 is 4.52 Å². The Labute approximate surface area is 114 Å². The van der Waals surface area contributed by atoms with Gasteiger partial charge in [0.15, 0.2) is 5.82 Å². The number of hydrogen-bond acceptors (Lipinski definition) is 5. The van der Waals surface area contributed by atoms with Gasteiger partial charge in [-0.1, -0.05) is 5.16 Å².